The first-order valence-corrected chi connectivity index (χ1v) is 8.30. The van der Waals surface area contributed by atoms with Gasteiger partial charge >= 0.3 is 0 Å². The van der Waals surface area contributed by atoms with Crippen molar-refractivity contribution in [2.24, 2.45) is 0 Å². The van der Waals surface area contributed by atoms with Gasteiger partial charge in [0.25, 0.3) is 0 Å². The van der Waals surface area contributed by atoms with E-state index in [0.29, 0.717) is 16.9 Å². The lowest BCUT2D eigenvalue weighted by atomic mass is 10.2. The fourth-order valence-electron chi connectivity index (χ4n) is 2.13. The number of likely N-dealkylation sites (N-methyl/N-ethyl adjacent to an activating group) is 1. The average Bonchev–Trinajstić information content (AvgIpc) is 2.57. The fraction of sp³-hybridized carbons (Fsp3) is 0.167. The van der Waals surface area contributed by atoms with Crippen molar-refractivity contribution in [3.8, 4) is 6.07 Å². The van der Waals surface area contributed by atoms with Crippen molar-refractivity contribution in [2.75, 3.05) is 30.8 Å². The van der Waals surface area contributed by atoms with Crippen LogP contribution in [-0.4, -0.2) is 36.9 Å². The minimum Gasteiger partial charge on any atom is -0.325 e. The molecule has 0 unspecified atom stereocenters. The molecule has 6 nitrogen and oxygen atoms in total. The third-order valence-corrected chi connectivity index (χ3v) is 3.96. The maximum Gasteiger partial charge on any atom is 0.238 e. The molecule has 0 spiro atoms. The molecule has 2 aromatic rings. The molecule has 0 saturated carbocycles. The monoisotopic (exact) mass is 400 g/mol. The zero-order valence-corrected chi connectivity index (χ0v) is 15.2. The number of para-hydroxylation sites is 1. The molecule has 0 fully saturated rings. The third kappa shape index (κ3) is 6.03. The smallest absolute Gasteiger partial charge is 0.238 e. The van der Waals surface area contributed by atoms with Crippen molar-refractivity contribution in [1.29, 1.82) is 5.26 Å². The van der Waals surface area contributed by atoms with Gasteiger partial charge in [0.2, 0.25) is 11.8 Å². The van der Waals surface area contributed by atoms with Crippen LogP contribution < -0.4 is 10.6 Å². The van der Waals surface area contributed by atoms with Crippen LogP contribution >= 0.6 is 15.9 Å². The Balaban J connectivity index is 1.81. The molecule has 0 aliphatic heterocycles. The van der Waals surface area contributed by atoms with Crippen molar-refractivity contribution in [3.63, 3.8) is 0 Å². The molecule has 25 heavy (non-hydrogen) atoms. The summed E-state index contributed by atoms with van der Waals surface area (Å²) < 4.78 is 0.796. The normalized spacial score (nSPS) is 10.2. The van der Waals surface area contributed by atoms with E-state index in [4.69, 9.17) is 5.26 Å². The summed E-state index contributed by atoms with van der Waals surface area (Å²) in [5, 5.41) is 14.3. The molecule has 0 bridgehead atoms. The summed E-state index contributed by atoms with van der Waals surface area (Å²) in [6.45, 7) is 0.158. The van der Waals surface area contributed by atoms with E-state index in [1.807, 2.05) is 24.3 Å². The van der Waals surface area contributed by atoms with Gasteiger partial charge in [0, 0.05) is 10.2 Å². The number of benzene rings is 2. The van der Waals surface area contributed by atoms with Crippen LogP contribution in [0.15, 0.2) is 53.0 Å². The van der Waals surface area contributed by atoms with Gasteiger partial charge in [-0.2, -0.15) is 5.26 Å². The van der Waals surface area contributed by atoms with E-state index >= 15 is 0 Å². The number of nitrogens with zero attached hydrogens (tertiary/aromatic N) is 2. The van der Waals surface area contributed by atoms with Gasteiger partial charge in [0.15, 0.2) is 0 Å². The molecule has 0 atom stereocenters. The topological polar surface area (TPSA) is 85.2 Å². The molecule has 7 heteroatoms. The number of amides is 2. The number of anilines is 2. The summed E-state index contributed by atoms with van der Waals surface area (Å²) in [5.74, 6) is -0.443. The summed E-state index contributed by atoms with van der Waals surface area (Å²) in [5.41, 5.74) is 1.82. The summed E-state index contributed by atoms with van der Waals surface area (Å²) >= 11 is 3.37. The molecule has 0 heterocycles. The van der Waals surface area contributed by atoms with Crippen LogP contribution in [0.1, 0.15) is 5.56 Å². The molecule has 2 N–H and O–H groups in total. The van der Waals surface area contributed by atoms with Gasteiger partial charge in [0.05, 0.1) is 30.4 Å². The zero-order chi connectivity index (χ0) is 18.2. The second-order valence-electron chi connectivity index (χ2n) is 5.44. The highest BCUT2D eigenvalue weighted by atomic mass is 79.9. The lowest BCUT2D eigenvalue weighted by Crippen LogP contribution is -2.36. The highest BCUT2D eigenvalue weighted by molar-refractivity contribution is 9.10. The van der Waals surface area contributed by atoms with Gasteiger partial charge in [-0.05, 0) is 59.4 Å². The van der Waals surface area contributed by atoms with Crippen LogP contribution in [0.3, 0.4) is 0 Å². The van der Waals surface area contributed by atoms with Gasteiger partial charge < -0.3 is 10.6 Å². The van der Waals surface area contributed by atoms with Crippen molar-refractivity contribution in [1.82, 2.24) is 4.90 Å². The van der Waals surface area contributed by atoms with Gasteiger partial charge in [-0.15, -0.1) is 0 Å². The van der Waals surface area contributed by atoms with Crippen LogP contribution in [0.4, 0.5) is 11.4 Å². The Morgan fingerprint density at radius 1 is 1.04 bits per heavy atom. The Labute approximate surface area is 154 Å². The first-order valence-electron chi connectivity index (χ1n) is 7.51. The van der Waals surface area contributed by atoms with Gasteiger partial charge in [-0.25, -0.2) is 0 Å². The number of carbonyl (C=O) groups excluding carboxylic acids is 2. The van der Waals surface area contributed by atoms with Crippen LogP contribution in [0.2, 0.25) is 0 Å². The summed E-state index contributed by atoms with van der Waals surface area (Å²) in [6.07, 6.45) is 0. The van der Waals surface area contributed by atoms with Gasteiger partial charge in [0.1, 0.15) is 0 Å². The van der Waals surface area contributed by atoms with E-state index in [-0.39, 0.29) is 24.9 Å². The molecule has 2 amide bonds. The highest BCUT2D eigenvalue weighted by Crippen LogP contribution is 2.20. The van der Waals surface area contributed by atoms with Crippen LogP contribution in [0, 0.1) is 11.3 Å². The summed E-state index contributed by atoms with van der Waals surface area (Å²) in [4.78, 5) is 25.7. The zero-order valence-electron chi connectivity index (χ0n) is 13.6. The Morgan fingerprint density at radius 3 is 2.24 bits per heavy atom. The Morgan fingerprint density at radius 2 is 1.64 bits per heavy atom. The van der Waals surface area contributed by atoms with E-state index in [1.165, 1.54) is 0 Å². The van der Waals surface area contributed by atoms with Crippen LogP contribution in [-0.2, 0) is 9.59 Å². The molecule has 0 saturated heterocycles. The molecule has 128 valence electrons. The fourth-order valence-corrected chi connectivity index (χ4v) is 2.51. The maximum atomic E-state index is 12.0. The Kier molecular flexibility index (Phi) is 6.69. The van der Waals surface area contributed by atoms with E-state index in [9.17, 15) is 9.59 Å². The third-order valence-electron chi connectivity index (χ3n) is 3.27. The standard InChI is InChI=1S/C18H17BrN4O2/c1-23(12-18(25)22-16-5-3-2-4-15(16)19)11-17(24)21-14-8-6-13(10-20)7-9-14/h2-9H,11-12H2,1H3,(H,21,24)(H,22,25). The minimum absolute atomic E-state index is 0.0728. The van der Waals surface area contributed by atoms with Gasteiger partial charge in [-0.1, -0.05) is 12.1 Å². The molecule has 2 aromatic carbocycles. The first kappa shape index (κ1) is 18.6. The molecular formula is C18H17BrN4O2. The Hall–Kier alpha value is -2.69. The largest absolute Gasteiger partial charge is 0.325 e. The SMILES string of the molecule is CN(CC(=O)Nc1ccc(C#N)cc1)CC(=O)Nc1ccccc1Br. The van der Waals surface area contributed by atoms with Gasteiger partial charge in [-0.3, -0.25) is 14.5 Å². The number of nitriles is 1. The maximum absolute atomic E-state index is 12.0. The van der Waals surface area contributed by atoms with Crippen molar-refractivity contribution >= 4 is 39.1 Å². The number of nitrogens with one attached hydrogen (secondary N) is 2. The Bertz CT molecular complexity index is 799. The lowest BCUT2D eigenvalue weighted by Gasteiger charge is -2.16. The number of carbonyl (C=O) groups is 2. The number of hydrogen-bond acceptors (Lipinski definition) is 4. The summed E-state index contributed by atoms with van der Waals surface area (Å²) in [6, 6.07) is 15.9. The summed E-state index contributed by atoms with van der Waals surface area (Å²) in [7, 11) is 1.69. The van der Waals surface area contributed by atoms with E-state index in [1.54, 1.807) is 42.3 Å². The van der Waals surface area contributed by atoms with E-state index in [0.717, 1.165) is 4.47 Å². The van der Waals surface area contributed by atoms with Crippen LogP contribution in [0.5, 0.6) is 0 Å². The number of halogens is 1. The average molecular weight is 401 g/mol. The molecule has 2 rings (SSSR count). The second-order valence-corrected chi connectivity index (χ2v) is 6.29. The second kappa shape index (κ2) is 8.97. The molecule has 0 aliphatic carbocycles. The minimum atomic E-state index is -0.235. The van der Waals surface area contributed by atoms with Crippen molar-refractivity contribution < 1.29 is 9.59 Å². The molecule has 0 aromatic heterocycles. The molecule has 0 radical (unpaired) electrons. The predicted molar refractivity (Wildman–Crippen MR) is 100 cm³/mol. The first-order chi connectivity index (χ1) is 12.0. The quantitative estimate of drug-likeness (QED) is 0.780. The lowest BCUT2D eigenvalue weighted by molar-refractivity contribution is -0.119. The number of rotatable bonds is 6. The van der Waals surface area contributed by atoms with E-state index < -0.39 is 0 Å². The predicted octanol–water partition coefficient (Wildman–Crippen LogP) is 2.83. The van der Waals surface area contributed by atoms with Crippen LogP contribution in [0.25, 0.3) is 0 Å². The van der Waals surface area contributed by atoms with E-state index in [2.05, 4.69) is 26.6 Å². The van der Waals surface area contributed by atoms with Crippen molar-refractivity contribution in [2.45, 2.75) is 0 Å². The number of hydrogen-bond donors (Lipinski definition) is 2. The van der Waals surface area contributed by atoms with Crippen molar-refractivity contribution in [3.05, 3.63) is 58.6 Å². The highest BCUT2D eigenvalue weighted by Gasteiger charge is 2.12. The molecular weight excluding hydrogens is 384 g/mol. The molecule has 0 aliphatic rings.